The van der Waals surface area contributed by atoms with Crippen LogP contribution >= 0.6 is 0 Å². The Labute approximate surface area is 103 Å². The molecular weight excluding hydrogens is 240 g/mol. The molecule has 5 nitrogen and oxygen atoms in total. The molecular formula is C11H20N2O3S. The summed E-state index contributed by atoms with van der Waals surface area (Å²) in [5.41, 5.74) is 0. The summed E-state index contributed by atoms with van der Waals surface area (Å²) in [6, 6.07) is 0. The van der Waals surface area contributed by atoms with Crippen LogP contribution in [-0.4, -0.2) is 56.0 Å². The molecule has 0 bridgehead atoms. The third-order valence-corrected chi connectivity index (χ3v) is 4.99. The molecule has 1 aliphatic carbocycles. The topological polar surface area (TPSA) is 57.7 Å². The van der Waals surface area contributed by atoms with Gasteiger partial charge in [0, 0.05) is 32.1 Å². The second kappa shape index (κ2) is 4.94. The van der Waals surface area contributed by atoms with Crippen LogP contribution in [-0.2, 0) is 14.8 Å². The van der Waals surface area contributed by atoms with E-state index in [2.05, 4.69) is 0 Å². The molecule has 0 radical (unpaired) electrons. The Kier molecular flexibility index (Phi) is 3.73. The summed E-state index contributed by atoms with van der Waals surface area (Å²) in [6.45, 7) is 2.22. The third kappa shape index (κ3) is 2.98. The van der Waals surface area contributed by atoms with Crippen LogP contribution in [0.25, 0.3) is 0 Å². The largest absolute Gasteiger partial charge is 0.341 e. The molecule has 98 valence electrons. The zero-order valence-corrected chi connectivity index (χ0v) is 11.1. The molecule has 0 unspecified atom stereocenters. The van der Waals surface area contributed by atoms with Gasteiger partial charge in [0.2, 0.25) is 15.9 Å². The minimum absolute atomic E-state index is 0.208. The van der Waals surface area contributed by atoms with E-state index in [9.17, 15) is 13.2 Å². The first kappa shape index (κ1) is 12.8. The molecule has 1 amide bonds. The smallest absolute Gasteiger partial charge is 0.225 e. The van der Waals surface area contributed by atoms with Gasteiger partial charge in [-0.1, -0.05) is 6.42 Å². The van der Waals surface area contributed by atoms with E-state index in [-0.39, 0.29) is 11.8 Å². The van der Waals surface area contributed by atoms with E-state index < -0.39 is 10.0 Å². The lowest BCUT2D eigenvalue weighted by Crippen LogP contribution is -2.41. The van der Waals surface area contributed by atoms with Crippen LogP contribution in [0, 0.1) is 5.92 Å². The fraction of sp³-hybridized carbons (Fsp3) is 0.909. The molecule has 17 heavy (non-hydrogen) atoms. The average molecular weight is 260 g/mol. The Morgan fingerprint density at radius 2 is 1.76 bits per heavy atom. The summed E-state index contributed by atoms with van der Waals surface area (Å²) in [7, 11) is -3.11. The standard InChI is InChI=1S/C11H20N2O3S/c1-17(15,16)13-7-3-6-12(8-9-13)11(14)10-4-2-5-10/h10H,2-9H2,1H3. The number of amides is 1. The Hall–Kier alpha value is -0.620. The summed E-state index contributed by atoms with van der Waals surface area (Å²) in [6.07, 6.45) is 5.14. The van der Waals surface area contributed by atoms with Crippen molar-refractivity contribution >= 4 is 15.9 Å². The number of carbonyl (C=O) groups is 1. The van der Waals surface area contributed by atoms with E-state index in [1.54, 1.807) is 0 Å². The number of carbonyl (C=O) groups excluding carboxylic acids is 1. The molecule has 0 N–H and O–H groups in total. The Bertz CT molecular complexity index is 390. The summed E-state index contributed by atoms with van der Waals surface area (Å²) >= 11 is 0. The normalized spacial score (nSPS) is 24.2. The molecule has 1 heterocycles. The van der Waals surface area contributed by atoms with Gasteiger partial charge in [0.1, 0.15) is 0 Å². The maximum Gasteiger partial charge on any atom is 0.225 e. The van der Waals surface area contributed by atoms with Gasteiger partial charge in [0.05, 0.1) is 6.26 Å². The van der Waals surface area contributed by atoms with Crippen molar-refractivity contribution in [1.82, 2.24) is 9.21 Å². The SMILES string of the molecule is CS(=O)(=O)N1CCCN(C(=O)C2CCC2)CC1. The predicted octanol–water partition coefficient (Wildman–Crippen LogP) is 0.280. The van der Waals surface area contributed by atoms with Crippen LogP contribution in [0.4, 0.5) is 0 Å². The van der Waals surface area contributed by atoms with E-state index >= 15 is 0 Å². The van der Waals surface area contributed by atoms with Gasteiger partial charge in [-0.05, 0) is 19.3 Å². The number of rotatable bonds is 2. The van der Waals surface area contributed by atoms with E-state index in [4.69, 9.17) is 0 Å². The van der Waals surface area contributed by atoms with Crippen LogP contribution < -0.4 is 0 Å². The van der Waals surface area contributed by atoms with Gasteiger partial charge in [0.25, 0.3) is 0 Å². The molecule has 2 aliphatic rings. The van der Waals surface area contributed by atoms with Crippen molar-refractivity contribution in [3.8, 4) is 0 Å². The fourth-order valence-corrected chi connectivity index (χ4v) is 3.23. The highest BCUT2D eigenvalue weighted by molar-refractivity contribution is 7.88. The van der Waals surface area contributed by atoms with Crippen LogP contribution in [0.5, 0.6) is 0 Å². The van der Waals surface area contributed by atoms with Gasteiger partial charge >= 0.3 is 0 Å². The molecule has 2 fully saturated rings. The maximum atomic E-state index is 12.0. The highest BCUT2D eigenvalue weighted by Crippen LogP contribution is 2.28. The molecule has 0 spiro atoms. The van der Waals surface area contributed by atoms with Gasteiger partial charge < -0.3 is 4.90 Å². The van der Waals surface area contributed by atoms with E-state index in [1.807, 2.05) is 4.90 Å². The van der Waals surface area contributed by atoms with Crippen molar-refractivity contribution in [3.63, 3.8) is 0 Å². The lowest BCUT2D eigenvalue weighted by molar-refractivity contribution is -0.138. The van der Waals surface area contributed by atoms with Crippen molar-refractivity contribution < 1.29 is 13.2 Å². The monoisotopic (exact) mass is 260 g/mol. The lowest BCUT2D eigenvalue weighted by atomic mass is 9.84. The Morgan fingerprint density at radius 3 is 2.29 bits per heavy atom. The van der Waals surface area contributed by atoms with Crippen molar-refractivity contribution in [2.24, 2.45) is 5.92 Å². The number of sulfonamides is 1. The molecule has 0 atom stereocenters. The fourth-order valence-electron chi connectivity index (χ4n) is 2.36. The van der Waals surface area contributed by atoms with Crippen LogP contribution in [0.1, 0.15) is 25.7 Å². The van der Waals surface area contributed by atoms with Crippen molar-refractivity contribution in [1.29, 1.82) is 0 Å². The van der Waals surface area contributed by atoms with Gasteiger partial charge in [-0.25, -0.2) is 12.7 Å². The summed E-state index contributed by atoms with van der Waals surface area (Å²) in [5.74, 6) is 0.436. The first-order chi connectivity index (χ1) is 7.98. The summed E-state index contributed by atoms with van der Waals surface area (Å²) in [4.78, 5) is 13.9. The molecule has 2 rings (SSSR count). The maximum absolute atomic E-state index is 12.0. The molecule has 0 aromatic carbocycles. The van der Waals surface area contributed by atoms with Gasteiger partial charge in [-0.3, -0.25) is 4.79 Å². The van der Waals surface area contributed by atoms with Crippen LogP contribution in [0.2, 0.25) is 0 Å². The van der Waals surface area contributed by atoms with Crippen LogP contribution in [0.15, 0.2) is 0 Å². The van der Waals surface area contributed by atoms with Gasteiger partial charge in [-0.15, -0.1) is 0 Å². The Morgan fingerprint density at radius 1 is 1.06 bits per heavy atom. The van der Waals surface area contributed by atoms with Crippen molar-refractivity contribution in [3.05, 3.63) is 0 Å². The molecule has 0 aromatic heterocycles. The van der Waals surface area contributed by atoms with Crippen molar-refractivity contribution in [2.45, 2.75) is 25.7 Å². The second-order valence-corrected chi connectivity index (χ2v) is 6.95. The quantitative estimate of drug-likeness (QED) is 0.716. The van der Waals surface area contributed by atoms with Crippen LogP contribution in [0.3, 0.4) is 0 Å². The molecule has 1 saturated heterocycles. The zero-order valence-electron chi connectivity index (χ0n) is 10.3. The van der Waals surface area contributed by atoms with Gasteiger partial charge in [-0.2, -0.15) is 0 Å². The number of hydrogen-bond acceptors (Lipinski definition) is 3. The van der Waals surface area contributed by atoms with E-state index in [0.717, 1.165) is 25.7 Å². The second-order valence-electron chi connectivity index (χ2n) is 4.97. The number of hydrogen-bond donors (Lipinski definition) is 0. The average Bonchev–Trinajstić information content (AvgIpc) is 2.38. The minimum atomic E-state index is -3.11. The lowest BCUT2D eigenvalue weighted by Gasteiger charge is -2.30. The zero-order chi connectivity index (χ0) is 12.5. The Balaban J connectivity index is 1.93. The van der Waals surface area contributed by atoms with E-state index in [1.165, 1.54) is 10.6 Å². The predicted molar refractivity (Wildman–Crippen MR) is 65.0 cm³/mol. The minimum Gasteiger partial charge on any atom is -0.341 e. The summed E-state index contributed by atoms with van der Waals surface area (Å²) < 4.78 is 24.4. The molecule has 0 aromatic rings. The van der Waals surface area contributed by atoms with Gasteiger partial charge in [0.15, 0.2) is 0 Å². The first-order valence-electron chi connectivity index (χ1n) is 6.22. The van der Waals surface area contributed by atoms with E-state index in [0.29, 0.717) is 26.2 Å². The van der Waals surface area contributed by atoms with Crippen molar-refractivity contribution in [2.75, 3.05) is 32.4 Å². The molecule has 1 aliphatic heterocycles. The highest BCUT2D eigenvalue weighted by Gasteiger charge is 2.31. The number of nitrogens with zero attached hydrogens (tertiary/aromatic N) is 2. The molecule has 6 heteroatoms. The highest BCUT2D eigenvalue weighted by atomic mass is 32.2. The third-order valence-electron chi connectivity index (χ3n) is 3.69. The summed E-state index contributed by atoms with van der Waals surface area (Å²) in [5, 5.41) is 0. The first-order valence-corrected chi connectivity index (χ1v) is 8.07. The molecule has 1 saturated carbocycles.